The van der Waals surface area contributed by atoms with Gasteiger partial charge in [0.15, 0.2) is 0 Å². The van der Waals surface area contributed by atoms with Crippen LogP contribution in [-0.4, -0.2) is 18.0 Å². The Morgan fingerprint density at radius 2 is 1.76 bits per heavy atom. The zero-order valence-electron chi connectivity index (χ0n) is 13.9. The van der Waals surface area contributed by atoms with Gasteiger partial charge in [0.05, 0.1) is 19.0 Å². The van der Waals surface area contributed by atoms with Gasteiger partial charge < -0.3 is 15.4 Å². The maximum Gasteiger partial charge on any atom is 0.255 e. The third-order valence-electron chi connectivity index (χ3n) is 3.69. The predicted octanol–water partition coefficient (Wildman–Crippen LogP) is 3.95. The number of anilines is 2. The minimum absolute atomic E-state index is 0.152. The lowest BCUT2D eigenvalue weighted by Crippen LogP contribution is -2.12. The van der Waals surface area contributed by atoms with Gasteiger partial charge in [0, 0.05) is 12.1 Å². The van der Waals surface area contributed by atoms with E-state index in [1.807, 2.05) is 54.6 Å². The fraction of sp³-hybridized carbons (Fsp3) is 0.100. The normalized spacial score (nSPS) is 10.1. The van der Waals surface area contributed by atoms with E-state index in [9.17, 15) is 4.79 Å². The molecule has 126 valence electrons. The highest BCUT2D eigenvalue weighted by molar-refractivity contribution is 6.04. The molecule has 1 heterocycles. The number of nitrogens with one attached hydrogen (secondary N) is 2. The Balaban J connectivity index is 1.55. The van der Waals surface area contributed by atoms with E-state index in [0.717, 1.165) is 17.1 Å². The number of methoxy groups -OCH3 is 1. The molecule has 0 atom stereocenters. The van der Waals surface area contributed by atoms with Gasteiger partial charge in [-0.25, -0.2) is 4.98 Å². The molecule has 3 aromatic rings. The van der Waals surface area contributed by atoms with Gasteiger partial charge in [0.25, 0.3) is 5.91 Å². The second-order valence-electron chi connectivity index (χ2n) is 5.45. The number of hydrogen-bond donors (Lipinski definition) is 2. The molecule has 0 aliphatic heterocycles. The molecule has 0 saturated carbocycles. The number of pyridine rings is 1. The summed E-state index contributed by atoms with van der Waals surface area (Å²) in [6, 6.07) is 20.6. The molecule has 0 unspecified atom stereocenters. The number of ether oxygens (including phenoxy) is 1. The number of aromatic nitrogens is 1. The van der Waals surface area contributed by atoms with Gasteiger partial charge in [-0.2, -0.15) is 0 Å². The molecule has 0 fully saturated rings. The van der Waals surface area contributed by atoms with Crippen LogP contribution in [0.15, 0.2) is 72.9 Å². The summed E-state index contributed by atoms with van der Waals surface area (Å²) in [5, 5.41) is 6.07. The van der Waals surface area contributed by atoms with Gasteiger partial charge in [0.2, 0.25) is 0 Å². The second kappa shape index (κ2) is 7.97. The SMILES string of the molecule is COc1ccc(CNc2ccc(NC(=O)c3ccccc3)cn2)cc1. The molecule has 5 heteroatoms. The molecule has 2 N–H and O–H groups in total. The van der Waals surface area contributed by atoms with Crippen molar-refractivity contribution in [3.8, 4) is 5.75 Å². The van der Waals surface area contributed by atoms with E-state index in [-0.39, 0.29) is 5.91 Å². The van der Waals surface area contributed by atoms with Crippen molar-refractivity contribution in [3.05, 3.63) is 84.1 Å². The van der Waals surface area contributed by atoms with Crippen molar-refractivity contribution in [2.75, 3.05) is 17.7 Å². The van der Waals surface area contributed by atoms with Crippen LogP contribution in [0.4, 0.5) is 11.5 Å². The molecule has 25 heavy (non-hydrogen) atoms. The molecule has 5 nitrogen and oxygen atoms in total. The molecule has 0 radical (unpaired) electrons. The van der Waals surface area contributed by atoms with Crippen LogP contribution < -0.4 is 15.4 Å². The Morgan fingerprint density at radius 3 is 2.40 bits per heavy atom. The van der Waals surface area contributed by atoms with Crippen molar-refractivity contribution in [1.29, 1.82) is 0 Å². The van der Waals surface area contributed by atoms with Gasteiger partial charge in [0.1, 0.15) is 11.6 Å². The molecule has 0 spiro atoms. The molecule has 0 bridgehead atoms. The minimum Gasteiger partial charge on any atom is -0.497 e. The molecule has 3 rings (SSSR count). The van der Waals surface area contributed by atoms with E-state index >= 15 is 0 Å². The Kier molecular flexibility index (Phi) is 5.26. The highest BCUT2D eigenvalue weighted by atomic mass is 16.5. The summed E-state index contributed by atoms with van der Waals surface area (Å²) in [5.41, 5.74) is 2.40. The van der Waals surface area contributed by atoms with Crippen molar-refractivity contribution < 1.29 is 9.53 Å². The summed E-state index contributed by atoms with van der Waals surface area (Å²) in [5.74, 6) is 1.43. The molecule has 1 amide bonds. The lowest BCUT2D eigenvalue weighted by molar-refractivity contribution is 0.102. The molecular weight excluding hydrogens is 314 g/mol. The van der Waals surface area contributed by atoms with Crippen LogP contribution in [-0.2, 0) is 6.54 Å². The number of carbonyl (C=O) groups is 1. The zero-order valence-corrected chi connectivity index (χ0v) is 13.9. The lowest BCUT2D eigenvalue weighted by atomic mass is 10.2. The van der Waals surface area contributed by atoms with Crippen molar-refractivity contribution >= 4 is 17.4 Å². The number of nitrogens with zero attached hydrogens (tertiary/aromatic N) is 1. The predicted molar refractivity (Wildman–Crippen MR) is 99.0 cm³/mol. The van der Waals surface area contributed by atoms with Gasteiger partial charge in [-0.1, -0.05) is 30.3 Å². The van der Waals surface area contributed by atoms with Gasteiger partial charge in [-0.3, -0.25) is 4.79 Å². The summed E-state index contributed by atoms with van der Waals surface area (Å²) >= 11 is 0. The van der Waals surface area contributed by atoms with Crippen molar-refractivity contribution in [2.45, 2.75) is 6.54 Å². The molecule has 1 aromatic heterocycles. The maximum absolute atomic E-state index is 12.1. The third-order valence-corrected chi connectivity index (χ3v) is 3.69. The topological polar surface area (TPSA) is 63.2 Å². The summed E-state index contributed by atoms with van der Waals surface area (Å²) in [6.45, 7) is 0.659. The van der Waals surface area contributed by atoms with Crippen LogP contribution in [0.5, 0.6) is 5.75 Å². The number of rotatable bonds is 6. The summed E-state index contributed by atoms with van der Waals surface area (Å²) in [7, 11) is 1.65. The fourth-order valence-corrected chi connectivity index (χ4v) is 2.30. The zero-order chi connectivity index (χ0) is 17.5. The Morgan fingerprint density at radius 1 is 1.00 bits per heavy atom. The number of carbonyl (C=O) groups excluding carboxylic acids is 1. The van der Waals surface area contributed by atoms with Crippen LogP contribution in [0.25, 0.3) is 0 Å². The first-order chi connectivity index (χ1) is 12.2. The monoisotopic (exact) mass is 333 g/mol. The van der Waals surface area contributed by atoms with Crippen LogP contribution in [0, 0.1) is 0 Å². The quantitative estimate of drug-likeness (QED) is 0.717. The largest absolute Gasteiger partial charge is 0.497 e. The summed E-state index contributed by atoms with van der Waals surface area (Å²) in [6.07, 6.45) is 1.64. The van der Waals surface area contributed by atoms with E-state index < -0.39 is 0 Å². The highest BCUT2D eigenvalue weighted by Gasteiger charge is 2.05. The van der Waals surface area contributed by atoms with Gasteiger partial charge in [-0.05, 0) is 42.0 Å². The number of benzene rings is 2. The van der Waals surface area contributed by atoms with E-state index in [4.69, 9.17) is 4.74 Å². The fourth-order valence-electron chi connectivity index (χ4n) is 2.30. The molecule has 2 aromatic carbocycles. The van der Waals surface area contributed by atoms with Crippen LogP contribution in [0.2, 0.25) is 0 Å². The maximum atomic E-state index is 12.1. The third kappa shape index (κ3) is 4.57. The Labute approximate surface area is 146 Å². The highest BCUT2D eigenvalue weighted by Crippen LogP contribution is 2.14. The van der Waals surface area contributed by atoms with Crippen LogP contribution in [0.1, 0.15) is 15.9 Å². The Bertz CT molecular complexity index is 816. The summed E-state index contributed by atoms with van der Waals surface area (Å²) < 4.78 is 5.14. The first kappa shape index (κ1) is 16.5. The van der Waals surface area contributed by atoms with Crippen LogP contribution >= 0.6 is 0 Å². The number of hydrogen-bond acceptors (Lipinski definition) is 4. The summed E-state index contributed by atoms with van der Waals surface area (Å²) in [4.78, 5) is 16.4. The van der Waals surface area contributed by atoms with Crippen molar-refractivity contribution in [3.63, 3.8) is 0 Å². The molecular formula is C20H19N3O2. The number of amides is 1. The first-order valence-electron chi connectivity index (χ1n) is 7.94. The first-order valence-corrected chi connectivity index (χ1v) is 7.94. The van der Waals surface area contributed by atoms with Crippen molar-refractivity contribution in [2.24, 2.45) is 0 Å². The molecule has 0 aliphatic rings. The molecule has 0 saturated heterocycles. The van der Waals surface area contributed by atoms with Crippen molar-refractivity contribution in [1.82, 2.24) is 4.98 Å². The van der Waals surface area contributed by atoms with Gasteiger partial charge in [-0.15, -0.1) is 0 Å². The standard InChI is InChI=1S/C20H19N3O2/c1-25-18-10-7-15(8-11-18)13-21-19-12-9-17(14-22-19)23-20(24)16-5-3-2-4-6-16/h2-12,14H,13H2,1H3,(H,21,22)(H,23,24). The van der Waals surface area contributed by atoms with E-state index in [2.05, 4.69) is 15.6 Å². The van der Waals surface area contributed by atoms with Crippen LogP contribution in [0.3, 0.4) is 0 Å². The second-order valence-corrected chi connectivity index (χ2v) is 5.45. The lowest BCUT2D eigenvalue weighted by Gasteiger charge is -2.08. The molecule has 0 aliphatic carbocycles. The average Bonchev–Trinajstić information content (AvgIpc) is 2.68. The van der Waals surface area contributed by atoms with E-state index in [1.165, 1.54) is 0 Å². The van der Waals surface area contributed by atoms with E-state index in [1.54, 1.807) is 25.4 Å². The van der Waals surface area contributed by atoms with E-state index in [0.29, 0.717) is 17.8 Å². The Hall–Kier alpha value is -3.34. The average molecular weight is 333 g/mol. The van der Waals surface area contributed by atoms with Gasteiger partial charge >= 0.3 is 0 Å². The smallest absolute Gasteiger partial charge is 0.255 e. The minimum atomic E-state index is -0.152.